The van der Waals surface area contributed by atoms with E-state index >= 15 is 0 Å². The summed E-state index contributed by atoms with van der Waals surface area (Å²) in [5.74, 6) is 3.12. The number of ether oxygens (including phenoxy) is 3. The van der Waals surface area contributed by atoms with E-state index in [-0.39, 0.29) is 0 Å². The predicted octanol–water partition coefficient (Wildman–Crippen LogP) is 5.16. The average Bonchev–Trinajstić information content (AvgIpc) is 2.79. The number of hydrogen-bond donors (Lipinski definition) is 1. The number of amidine groups is 1. The van der Waals surface area contributed by atoms with Crippen molar-refractivity contribution in [3.05, 3.63) is 75.6 Å². The Bertz CT molecular complexity index is 928. The van der Waals surface area contributed by atoms with Crippen molar-refractivity contribution < 1.29 is 14.2 Å². The number of rotatable bonds is 6. The molecule has 0 spiro atoms. The maximum Gasteiger partial charge on any atom is 0.204 e. The molecule has 0 bridgehead atoms. The van der Waals surface area contributed by atoms with Crippen LogP contribution in [0.5, 0.6) is 5.75 Å². The van der Waals surface area contributed by atoms with Crippen molar-refractivity contribution >= 4 is 21.8 Å². The molecular weight excluding hydrogens is 432 g/mol. The monoisotopic (exact) mass is 456 g/mol. The lowest BCUT2D eigenvalue weighted by atomic mass is 9.94. The lowest BCUT2D eigenvalue weighted by Gasteiger charge is -2.23. The molecule has 1 N–H and O–H groups in total. The third kappa shape index (κ3) is 4.93. The fraction of sp³-hybridized carbons (Fsp3) is 0.348. The van der Waals surface area contributed by atoms with Crippen molar-refractivity contribution in [2.45, 2.75) is 32.1 Å². The van der Waals surface area contributed by atoms with Crippen LogP contribution in [0.4, 0.5) is 0 Å². The Labute approximate surface area is 180 Å². The maximum absolute atomic E-state index is 6.11. The van der Waals surface area contributed by atoms with Crippen LogP contribution < -0.4 is 10.1 Å². The summed E-state index contributed by atoms with van der Waals surface area (Å²) in [5, 5.41) is 3.28. The van der Waals surface area contributed by atoms with Gasteiger partial charge in [0.25, 0.3) is 0 Å². The molecule has 29 heavy (non-hydrogen) atoms. The van der Waals surface area contributed by atoms with Gasteiger partial charge in [0.1, 0.15) is 18.3 Å². The average molecular weight is 457 g/mol. The molecule has 0 saturated carbocycles. The lowest BCUT2D eigenvalue weighted by Crippen LogP contribution is -2.32. The van der Waals surface area contributed by atoms with Crippen LogP contribution in [0.2, 0.25) is 0 Å². The molecule has 0 amide bonds. The van der Waals surface area contributed by atoms with Crippen LogP contribution in [0.25, 0.3) is 0 Å². The van der Waals surface area contributed by atoms with E-state index in [1.165, 1.54) is 11.1 Å². The summed E-state index contributed by atoms with van der Waals surface area (Å²) in [7, 11) is 1.72. The van der Waals surface area contributed by atoms with Crippen molar-refractivity contribution in [1.82, 2.24) is 5.32 Å². The van der Waals surface area contributed by atoms with Crippen LogP contribution >= 0.6 is 15.9 Å². The minimum Gasteiger partial charge on any atom is -0.496 e. The van der Waals surface area contributed by atoms with E-state index in [9.17, 15) is 0 Å². The molecule has 2 aliphatic heterocycles. The highest BCUT2D eigenvalue weighted by Gasteiger charge is 2.21. The van der Waals surface area contributed by atoms with Crippen LogP contribution in [0.1, 0.15) is 31.2 Å². The first-order valence-corrected chi connectivity index (χ1v) is 10.8. The first kappa shape index (κ1) is 19.8. The van der Waals surface area contributed by atoms with E-state index in [2.05, 4.69) is 44.5 Å². The topological polar surface area (TPSA) is 52.1 Å². The van der Waals surface area contributed by atoms with Gasteiger partial charge in [-0.2, -0.15) is 0 Å². The van der Waals surface area contributed by atoms with Crippen LogP contribution in [0.15, 0.2) is 75.0 Å². The summed E-state index contributed by atoms with van der Waals surface area (Å²) >= 11 is 3.55. The molecule has 2 heterocycles. The van der Waals surface area contributed by atoms with Crippen LogP contribution in [0, 0.1) is 0 Å². The normalized spacial score (nSPS) is 18.8. The summed E-state index contributed by atoms with van der Waals surface area (Å²) in [5.41, 5.74) is 3.67. The number of aliphatic imine (C=N–C) groups is 1. The number of nitrogens with zero attached hydrogens (tertiary/aromatic N) is 1. The Balaban J connectivity index is 1.42. The fourth-order valence-corrected chi connectivity index (χ4v) is 4.03. The molecule has 0 atom stereocenters. The smallest absolute Gasteiger partial charge is 0.204 e. The number of allylic oxidation sites excluding steroid dienone is 4. The second-order valence-corrected chi connectivity index (χ2v) is 8.07. The van der Waals surface area contributed by atoms with Gasteiger partial charge in [-0.25, -0.2) is 0 Å². The molecule has 5 nitrogen and oxygen atoms in total. The van der Waals surface area contributed by atoms with Gasteiger partial charge in [-0.05, 0) is 61.4 Å². The fourth-order valence-electron chi connectivity index (χ4n) is 3.63. The molecule has 0 fully saturated rings. The van der Waals surface area contributed by atoms with Crippen molar-refractivity contribution in [3.8, 4) is 5.75 Å². The summed E-state index contributed by atoms with van der Waals surface area (Å²) in [6.45, 7) is 1.73. The third-order valence-electron chi connectivity index (χ3n) is 5.12. The van der Waals surface area contributed by atoms with Crippen LogP contribution in [-0.4, -0.2) is 26.0 Å². The molecule has 1 aliphatic carbocycles. The van der Waals surface area contributed by atoms with E-state index < -0.39 is 0 Å². The van der Waals surface area contributed by atoms with E-state index in [0.717, 1.165) is 72.6 Å². The molecule has 1 aromatic carbocycles. The standard InChI is InChI=1S/C23H25BrN2O3/c1-27-20-9-8-19(24)13-18(20)7-6-16-4-2-5-17(12-16)21-14-28-15-22(29-21)23-25-10-3-11-26-23/h4,8-9,12-15H,2-3,5-7,10-11H2,1H3,(H,25,26). The Morgan fingerprint density at radius 3 is 2.93 bits per heavy atom. The first-order valence-electron chi connectivity index (χ1n) is 9.97. The molecule has 0 aromatic heterocycles. The van der Waals surface area contributed by atoms with Crippen molar-refractivity contribution in [2.75, 3.05) is 20.2 Å². The molecule has 1 aromatic rings. The van der Waals surface area contributed by atoms with E-state index in [0.29, 0.717) is 5.76 Å². The minimum atomic E-state index is 0.651. The van der Waals surface area contributed by atoms with Gasteiger partial charge in [0.2, 0.25) is 5.76 Å². The molecule has 0 unspecified atom stereocenters. The zero-order valence-corrected chi connectivity index (χ0v) is 18.1. The molecule has 6 heteroatoms. The van der Waals surface area contributed by atoms with Gasteiger partial charge in [0, 0.05) is 17.6 Å². The summed E-state index contributed by atoms with van der Waals surface area (Å²) in [6.07, 6.45) is 12.7. The third-order valence-corrected chi connectivity index (χ3v) is 5.62. The van der Waals surface area contributed by atoms with Crippen molar-refractivity contribution in [2.24, 2.45) is 4.99 Å². The number of benzene rings is 1. The van der Waals surface area contributed by atoms with Crippen LogP contribution in [0.3, 0.4) is 0 Å². The number of aryl methyl sites for hydroxylation is 1. The van der Waals surface area contributed by atoms with Crippen molar-refractivity contribution in [1.29, 1.82) is 0 Å². The molecule has 0 radical (unpaired) electrons. The highest BCUT2D eigenvalue weighted by Crippen LogP contribution is 2.31. The van der Waals surface area contributed by atoms with Gasteiger partial charge in [-0.1, -0.05) is 33.7 Å². The summed E-state index contributed by atoms with van der Waals surface area (Å²) in [4.78, 5) is 4.49. The van der Waals surface area contributed by atoms with Crippen LogP contribution in [-0.2, 0) is 15.9 Å². The van der Waals surface area contributed by atoms with Gasteiger partial charge < -0.3 is 19.5 Å². The number of halogens is 1. The highest BCUT2D eigenvalue weighted by molar-refractivity contribution is 9.10. The predicted molar refractivity (Wildman–Crippen MR) is 118 cm³/mol. The van der Waals surface area contributed by atoms with Gasteiger partial charge in [-0.15, -0.1) is 0 Å². The number of hydrogen-bond acceptors (Lipinski definition) is 5. The van der Waals surface area contributed by atoms with Gasteiger partial charge in [-0.3, -0.25) is 4.99 Å². The molecule has 152 valence electrons. The van der Waals surface area contributed by atoms with Gasteiger partial charge >= 0.3 is 0 Å². The molecule has 4 rings (SSSR count). The molecule has 3 aliphatic rings. The Morgan fingerprint density at radius 2 is 2.10 bits per heavy atom. The summed E-state index contributed by atoms with van der Waals surface area (Å²) < 4.78 is 18.2. The first-order chi connectivity index (χ1) is 14.2. The second kappa shape index (κ2) is 9.35. The van der Waals surface area contributed by atoms with E-state index in [4.69, 9.17) is 14.2 Å². The zero-order chi connectivity index (χ0) is 20.1. The minimum absolute atomic E-state index is 0.651. The van der Waals surface area contributed by atoms with Gasteiger partial charge in [0.05, 0.1) is 7.11 Å². The molecule has 0 saturated heterocycles. The summed E-state index contributed by atoms with van der Waals surface area (Å²) in [6, 6.07) is 6.13. The Hall–Kier alpha value is -2.47. The van der Waals surface area contributed by atoms with E-state index in [1.54, 1.807) is 19.6 Å². The quantitative estimate of drug-likeness (QED) is 0.642. The molecular formula is C23H25BrN2O3. The largest absolute Gasteiger partial charge is 0.496 e. The van der Waals surface area contributed by atoms with Gasteiger partial charge in [0.15, 0.2) is 11.6 Å². The van der Waals surface area contributed by atoms with E-state index in [1.807, 2.05) is 12.1 Å². The SMILES string of the molecule is COc1ccc(Br)cc1CCC1=CCCC(C2=COC=C(C3=NCCCN3)O2)=C1. The van der Waals surface area contributed by atoms with Crippen molar-refractivity contribution in [3.63, 3.8) is 0 Å². The Kier molecular flexibility index (Phi) is 6.39. The maximum atomic E-state index is 6.11. The zero-order valence-electron chi connectivity index (χ0n) is 16.5. The number of nitrogens with one attached hydrogen (secondary N) is 1. The number of methoxy groups -OCH3 is 1. The lowest BCUT2D eigenvalue weighted by molar-refractivity contribution is 0.244. The Morgan fingerprint density at radius 1 is 1.21 bits per heavy atom. The highest BCUT2D eigenvalue weighted by atomic mass is 79.9. The second-order valence-electron chi connectivity index (χ2n) is 7.16.